The van der Waals surface area contributed by atoms with Gasteiger partial charge in [0.25, 0.3) is 11.7 Å². The first-order valence-corrected chi connectivity index (χ1v) is 9.75. The summed E-state index contributed by atoms with van der Waals surface area (Å²) in [7, 11) is 0. The zero-order valence-electron chi connectivity index (χ0n) is 16.3. The number of nitrogens with zero attached hydrogens (tertiary/aromatic N) is 1. The molecule has 0 saturated carbocycles. The van der Waals surface area contributed by atoms with Crippen LogP contribution in [0.5, 0.6) is 0 Å². The van der Waals surface area contributed by atoms with Gasteiger partial charge in [0.15, 0.2) is 5.78 Å². The van der Waals surface area contributed by atoms with Gasteiger partial charge in [0, 0.05) is 23.2 Å². The number of benzene rings is 2. The first-order chi connectivity index (χ1) is 14.3. The SMILES string of the molecule is CCCN1C(=O)C2(OCCCO2)c2cc(C(=O)c3ccccc3C(F)(F)F)ccc21. The van der Waals surface area contributed by atoms with Gasteiger partial charge in [-0.15, -0.1) is 0 Å². The van der Waals surface area contributed by atoms with Gasteiger partial charge in [-0.3, -0.25) is 9.59 Å². The number of ketones is 1. The molecule has 1 fully saturated rings. The van der Waals surface area contributed by atoms with Crippen LogP contribution in [0.15, 0.2) is 42.5 Å². The number of ether oxygens (including phenoxy) is 2. The Balaban J connectivity index is 1.81. The predicted octanol–water partition coefficient (Wildman–Crippen LogP) is 4.28. The maximum absolute atomic E-state index is 13.4. The molecule has 1 saturated heterocycles. The fourth-order valence-electron chi connectivity index (χ4n) is 3.92. The Labute approximate surface area is 171 Å². The second-order valence-corrected chi connectivity index (χ2v) is 7.23. The van der Waals surface area contributed by atoms with Gasteiger partial charge in [-0.05, 0) is 37.1 Å². The minimum Gasteiger partial charge on any atom is -0.338 e. The minimum absolute atomic E-state index is 0.0359. The summed E-state index contributed by atoms with van der Waals surface area (Å²) in [6.07, 6.45) is -3.34. The zero-order chi connectivity index (χ0) is 21.5. The van der Waals surface area contributed by atoms with Gasteiger partial charge in [-0.25, -0.2) is 0 Å². The molecule has 0 bridgehead atoms. The van der Waals surface area contributed by atoms with Crippen molar-refractivity contribution in [3.05, 3.63) is 64.7 Å². The maximum Gasteiger partial charge on any atom is 0.417 e. The van der Waals surface area contributed by atoms with Crippen molar-refractivity contribution in [1.82, 2.24) is 0 Å². The summed E-state index contributed by atoms with van der Waals surface area (Å²) in [4.78, 5) is 27.6. The van der Waals surface area contributed by atoms with Crippen LogP contribution in [0, 0.1) is 0 Å². The molecule has 4 rings (SSSR count). The van der Waals surface area contributed by atoms with Gasteiger partial charge >= 0.3 is 6.18 Å². The second-order valence-electron chi connectivity index (χ2n) is 7.23. The van der Waals surface area contributed by atoms with Crippen LogP contribution in [0.25, 0.3) is 0 Å². The van der Waals surface area contributed by atoms with Crippen molar-refractivity contribution in [2.45, 2.75) is 31.7 Å². The summed E-state index contributed by atoms with van der Waals surface area (Å²) in [5.41, 5.74) is -0.507. The molecule has 0 aromatic heterocycles. The monoisotopic (exact) mass is 419 g/mol. The highest BCUT2D eigenvalue weighted by Gasteiger charge is 2.54. The van der Waals surface area contributed by atoms with E-state index in [9.17, 15) is 22.8 Å². The van der Waals surface area contributed by atoms with Crippen molar-refractivity contribution in [3.8, 4) is 0 Å². The van der Waals surface area contributed by atoms with Crippen LogP contribution in [0.3, 0.4) is 0 Å². The molecule has 2 aromatic carbocycles. The summed E-state index contributed by atoms with van der Waals surface area (Å²) in [5.74, 6) is -2.81. The molecular formula is C22H20F3NO4. The van der Waals surface area contributed by atoms with Gasteiger partial charge < -0.3 is 14.4 Å². The number of anilines is 1. The summed E-state index contributed by atoms with van der Waals surface area (Å²) in [6.45, 7) is 2.97. The Kier molecular flexibility index (Phi) is 5.15. The van der Waals surface area contributed by atoms with E-state index < -0.39 is 28.9 Å². The molecule has 0 unspecified atom stereocenters. The van der Waals surface area contributed by atoms with Gasteiger partial charge in [-0.1, -0.05) is 25.1 Å². The smallest absolute Gasteiger partial charge is 0.338 e. The third-order valence-electron chi connectivity index (χ3n) is 5.25. The lowest BCUT2D eigenvalue weighted by Crippen LogP contribution is -2.47. The number of halogens is 3. The topological polar surface area (TPSA) is 55.8 Å². The third-order valence-corrected chi connectivity index (χ3v) is 5.25. The predicted molar refractivity (Wildman–Crippen MR) is 102 cm³/mol. The first-order valence-electron chi connectivity index (χ1n) is 9.75. The molecule has 30 heavy (non-hydrogen) atoms. The van der Waals surface area contributed by atoms with Crippen LogP contribution in [-0.4, -0.2) is 31.4 Å². The van der Waals surface area contributed by atoms with Gasteiger partial charge in [0.05, 0.1) is 24.5 Å². The molecule has 1 spiro atoms. The van der Waals surface area contributed by atoms with Crippen LogP contribution in [-0.2, 0) is 26.2 Å². The zero-order valence-corrected chi connectivity index (χ0v) is 16.3. The van der Waals surface area contributed by atoms with Crippen molar-refractivity contribution < 1.29 is 32.2 Å². The molecule has 0 radical (unpaired) electrons. The number of rotatable bonds is 4. The van der Waals surface area contributed by atoms with Crippen LogP contribution in [0.1, 0.15) is 46.8 Å². The minimum atomic E-state index is -4.66. The molecule has 2 aromatic rings. The van der Waals surface area contributed by atoms with Crippen molar-refractivity contribution >= 4 is 17.4 Å². The van der Waals surface area contributed by atoms with Crippen molar-refractivity contribution in [2.75, 3.05) is 24.7 Å². The lowest BCUT2D eigenvalue weighted by molar-refractivity contribution is -0.256. The average molecular weight is 419 g/mol. The van der Waals surface area contributed by atoms with E-state index in [-0.39, 0.29) is 11.5 Å². The second kappa shape index (κ2) is 7.52. The van der Waals surface area contributed by atoms with Crippen LogP contribution in [0.4, 0.5) is 18.9 Å². The number of fused-ring (bicyclic) bond motifs is 2. The summed E-state index contributed by atoms with van der Waals surface area (Å²) >= 11 is 0. The van der Waals surface area contributed by atoms with Crippen molar-refractivity contribution in [2.24, 2.45) is 0 Å². The van der Waals surface area contributed by atoms with Gasteiger partial charge in [0.1, 0.15) is 0 Å². The van der Waals surface area contributed by atoms with Crippen LogP contribution < -0.4 is 4.90 Å². The average Bonchev–Trinajstić information content (AvgIpc) is 2.96. The molecule has 5 nitrogen and oxygen atoms in total. The van der Waals surface area contributed by atoms with Crippen molar-refractivity contribution in [3.63, 3.8) is 0 Å². The van der Waals surface area contributed by atoms with E-state index in [1.54, 1.807) is 11.0 Å². The van der Waals surface area contributed by atoms with Gasteiger partial charge in [0.2, 0.25) is 0 Å². The number of carbonyl (C=O) groups is 2. The molecule has 2 aliphatic rings. The highest BCUT2D eigenvalue weighted by Crippen LogP contribution is 2.46. The first kappa shape index (κ1) is 20.6. The van der Waals surface area contributed by atoms with E-state index in [0.717, 1.165) is 12.1 Å². The van der Waals surface area contributed by atoms with E-state index in [2.05, 4.69) is 0 Å². The number of hydrogen-bond acceptors (Lipinski definition) is 4. The molecular weight excluding hydrogens is 399 g/mol. The molecule has 2 heterocycles. The lowest BCUT2D eigenvalue weighted by atomic mass is 9.95. The Bertz CT molecular complexity index is 996. The normalized spacial score (nSPS) is 18.0. The Morgan fingerprint density at radius 1 is 1.13 bits per heavy atom. The van der Waals surface area contributed by atoms with Crippen LogP contribution >= 0.6 is 0 Å². The van der Waals surface area contributed by atoms with E-state index >= 15 is 0 Å². The molecule has 8 heteroatoms. The van der Waals surface area contributed by atoms with E-state index in [4.69, 9.17) is 9.47 Å². The standard InChI is InChI=1S/C22H20F3NO4/c1-2-10-26-18-9-8-14(13-17(18)21(20(26)28)29-11-5-12-30-21)19(27)15-6-3-4-7-16(15)22(23,24)25/h3-4,6-9,13H,2,5,10-12H2,1H3. The van der Waals surface area contributed by atoms with Gasteiger partial charge in [-0.2, -0.15) is 13.2 Å². The highest BCUT2D eigenvalue weighted by molar-refractivity contribution is 6.12. The molecule has 158 valence electrons. The highest BCUT2D eigenvalue weighted by atomic mass is 19.4. The summed E-state index contributed by atoms with van der Waals surface area (Å²) < 4.78 is 51.6. The number of amides is 1. The lowest BCUT2D eigenvalue weighted by Gasteiger charge is -2.32. The molecule has 1 amide bonds. The maximum atomic E-state index is 13.4. The summed E-state index contributed by atoms with van der Waals surface area (Å²) in [5, 5.41) is 0. The summed E-state index contributed by atoms with van der Waals surface area (Å²) in [6, 6.07) is 9.08. The third kappa shape index (κ3) is 3.20. The molecule has 0 atom stereocenters. The largest absolute Gasteiger partial charge is 0.417 e. The van der Waals surface area contributed by atoms with E-state index in [1.165, 1.54) is 24.3 Å². The van der Waals surface area contributed by atoms with E-state index in [0.29, 0.717) is 43.9 Å². The Morgan fingerprint density at radius 2 is 1.83 bits per heavy atom. The molecule has 0 N–H and O–H groups in total. The Morgan fingerprint density at radius 3 is 2.50 bits per heavy atom. The quantitative estimate of drug-likeness (QED) is 0.694. The van der Waals surface area contributed by atoms with Crippen LogP contribution in [0.2, 0.25) is 0 Å². The fraction of sp³-hybridized carbons (Fsp3) is 0.364. The van der Waals surface area contributed by atoms with Crippen molar-refractivity contribution in [1.29, 1.82) is 0 Å². The Hall–Kier alpha value is -2.71. The molecule has 0 aliphatic carbocycles. The number of alkyl halides is 3. The molecule has 2 aliphatic heterocycles. The number of hydrogen-bond donors (Lipinski definition) is 0. The number of carbonyl (C=O) groups excluding carboxylic acids is 2. The fourth-order valence-corrected chi connectivity index (χ4v) is 3.92. The van der Waals surface area contributed by atoms with E-state index in [1.807, 2.05) is 6.92 Å².